The first-order chi connectivity index (χ1) is 13.4. The summed E-state index contributed by atoms with van der Waals surface area (Å²) in [4.78, 5) is 16.8. The Labute approximate surface area is 169 Å². The molecule has 1 N–H and O–H groups in total. The molecule has 144 valence electrons. The van der Waals surface area contributed by atoms with E-state index in [2.05, 4.69) is 10.3 Å². The largest absolute Gasteiger partial charge is 0.322 e. The van der Waals surface area contributed by atoms with Crippen LogP contribution in [0.15, 0.2) is 66.9 Å². The molecule has 1 unspecified atom stereocenters. The normalized spacial score (nSPS) is 12.0. The number of hydrogen-bond donors (Lipinski definition) is 2. The molecule has 0 spiro atoms. The van der Waals surface area contributed by atoms with Crippen molar-refractivity contribution < 1.29 is 17.4 Å². The minimum Gasteiger partial charge on any atom is -0.322 e. The third-order valence-electron chi connectivity index (χ3n) is 4.05. The fourth-order valence-electron chi connectivity index (χ4n) is 2.62. The third-order valence-corrected chi connectivity index (χ3v) is 4.87. The summed E-state index contributed by atoms with van der Waals surface area (Å²) < 4.78 is 26.0. The Morgan fingerprint density at radius 2 is 1.86 bits per heavy atom. The van der Waals surface area contributed by atoms with Gasteiger partial charge in [0, 0.05) is 23.0 Å². The molecular formula is C20H17ClN2O4S. The number of nitrogens with one attached hydrogen (secondary N) is 1. The number of aromatic nitrogens is 1. The fourth-order valence-corrected chi connectivity index (χ4v) is 3.21. The number of thiol groups is 1. The second-order valence-corrected chi connectivity index (χ2v) is 7.02. The minimum absolute atomic E-state index is 0.302. The van der Waals surface area contributed by atoms with Crippen molar-refractivity contribution >= 4 is 34.2 Å². The average molecular weight is 417 g/mol. The van der Waals surface area contributed by atoms with Crippen LogP contribution in [-0.2, 0) is 15.2 Å². The first-order valence-corrected chi connectivity index (χ1v) is 9.85. The lowest BCUT2D eigenvalue weighted by molar-refractivity contribution is 0.102. The number of pyridine rings is 1. The maximum Gasteiger partial charge on any atom is 0.257 e. The quantitative estimate of drug-likeness (QED) is 0.586. The van der Waals surface area contributed by atoms with Crippen molar-refractivity contribution in [1.29, 1.82) is 0 Å². The molecule has 0 aliphatic carbocycles. The molecule has 2 aromatic carbocycles. The minimum atomic E-state index is -2.94. The molecule has 0 fully saturated rings. The van der Waals surface area contributed by atoms with Crippen LogP contribution in [0.5, 0.6) is 0 Å². The number of hydrogen-bond acceptors (Lipinski definition) is 5. The number of carbonyl (C=O) groups is 1. The number of amides is 1. The van der Waals surface area contributed by atoms with E-state index in [1.807, 2.05) is 18.2 Å². The summed E-state index contributed by atoms with van der Waals surface area (Å²) in [6.45, 7) is 1.62. The van der Waals surface area contributed by atoms with Crippen LogP contribution in [0.1, 0.15) is 28.9 Å². The molecule has 0 bridgehead atoms. The maximum atomic E-state index is 12.5. The van der Waals surface area contributed by atoms with Crippen molar-refractivity contribution in [3.63, 3.8) is 0 Å². The highest BCUT2D eigenvalue weighted by Crippen LogP contribution is 2.29. The molecule has 1 aromatic heterocycles. The topological polar surface area (TPSA) is 85.4 Å². The van der Waals surface area contributed by atoms with E-state index in [0.29, 0.717) is 33.1 Å². The zero-order valence-electron chi connectivity index (χ0n) is 14.8. The summed E-state index contributed by atoms with van der Waals surface area (Å²) in [5.74, 6) is -0.302. The Balaban J connectivity index is 1.76. The monoisotopic (exact) mass is 416 g/mol. The van der Waals surface area contributed by atoms with E-state index in [4.69, 9.17) is 15.8 Å². The van der Waals surface area contributed by atoms with Gasteiger partial charge in [0.15, 0.2) is 0 Å². The molecule has 1 amide bonds. The van der Waals surface area contributed by atoms with Gasteiger partial charge >= 0.3 is 0 Å². The highest BCUT2D eigenvalue weighted by atomic mass is 35.5. The molecule has 1 atom stereocenters. The van der Waals surface area contributed by atoms with Crippen molar-refractivity contribution in [2.45, 2.75) is 13.0 Å². The Kier molecular flexibility index (Phi) is 6.41. The van der Waals surface area contributed by atoms with Crippen LogP contribution in [0.3, 0.4) is 0 Å². The molecular weight excluding hydrogens is 400 g/mol. The summed E-state index contributed by atoms with van der Waals surface area (Å²) in [5, 5.41) is 3.36. The lowest BCUT2D eigenvalue weighted by atomic mass is 10.1. The van der Waals surface area contributed by atoms with E-state index in [9.17, 15) is 13.2 Å². The van der Waals surface area contributed by atoms with Gasteiger partial charge in [0.2, 0.25) is 0 Å². The summed E-state index contributed by atoms with van der Waals surface area (Å²) in [7, 11) is -2.94. The highest BCUT2D eigenvalue weighted by molar-refractivity contribution is 7.67. The van der Waals surface area contributed by atoms with Gasteiger partial charge in [-0.1, -0.05) is 29.8 Å². The fraction of sp³-hybridized carbons (Fsp3) is 0.100. The van der Waals surface area contributed by atoms with Gasteiger partial charge < -0.3 is 5.32 Å². The van der Waals surface area contributed by atoms with Gasteiger partial charge in [-0.25, -0.2) is 8.42 Å². The zero-order chi connectivity index (χ0) is 20.1. The van der Waals surface area contributed by atoms with Crippen molar-refractivity contribution in [2.75, 3.05) is 5.32 Å². The van der Waals surface area contributed by atoms with Gasteiger partial charge in [0.05, 0.1) is 16.8 Å². The molecule has 3 rings (SSSR count). The van der Waals surface area contributed by atoms with Crippen LogP contribution in [0, 0.1) is 0 Å². The summed E-state index contributed by atoms with van der Waals surface area (Å²) in [5.41, 5.74) is 3.09. The van der Waals surface area contributed by atoms with Crippen LogP contribution in [0.25, 0.3) is 11.3 Å². The van der Waals surface area contributed by atoms with Crippen LogP contribution in [0.4, 0.5) is 5.69 Å². The molecule has 28 heavy (non-hydrogen) atoms. The predicted octanol–water partition coefficient (Wildman–Crippen LogP) is 4.26. The molecule has 6 nitrogen and oxygen atoms in total. The number of benzene rings is 2. The predicted molar refractivity (Wildman–Crippen MR) is 109 cm³/mol. The highest BCUT2D eigenvalue weighted by Gasteiger charge is 2.12. The Morgan fingerprint density at radius 3 is 2.50 bits per heavy atom. The van der Waals surface area contributed by atoms with Gasteiger partial charge in [0.25, 0.3) is 16.9 Å². The molecule has 1 heterocycles. The smallest absolute Gasteiger partial charge is 0.257 e. The molecule has 0 saturated carbocycles. The molecule has 8 heteroatoms. The molecule has 0 radical (unpaired) electrons. The Morgan fingerprint density at radius 1 is 1.11 bits per heavy atom. The molecule has 3 aromatic rings. The standard InChI is InChI=1S/C20H17ClN2O4S/c1-13(27-28(25)26)14-5-7-15(8-6-14)20(24)23-16-9-10-18(21)17(12-16)19-4-2-3-11-22-19/h2-13,28H,1H3,(H,23,24). The Bertz CT molecular complexity index is 1050. The maximum absolute atomic E-state index is 12.5. The number of anilines is 1. The van der Waals surface area contributed by atoms with Crippen LogP contribution < -0.4 is 5.32 Å². The van der Waals surface area contributed by atoms with E-state index in [0.717, 1.165) is 0 Å². The molecule has 0 aliphatic rings. The average Bonchev–Trinajstić information content (AvgIpc) is 2.69. The number of halogens is 1. The number of rotatable bonds is 6. The third kappa shape index (κ3) is 4.95. The van der Waals surface area contributed by atoms with E-state index in [-0.39, 0.29) is 5.91 Å². The van der Waals surface area contributed by atoms with Crippen molar-refractivity contribution in [3.05, 3.63) is 83.0 Å². The summed E-state index contributed by atoms with van der Waals surface area (Å²) >= 11 is 6.26. The Hall–Kier alpha value is -2.74. The summed E-state index contributed by atoms with van der Waals surface area (Å²) in [6.07, 6.45) is 1.06. The van der Waals surface area contributed by atoms with E-state index in [1.54, 1.807) is 55.6 Å². The first kappa shape index (κ1) is 20.0. The van der Waals surface area contributed by atoms with Gasteiger partial charge in [-0.2, -0.15) is 0 Å². The number of nitrogens with zero attached hydrogens (tertiary/aromatic N) is 1. The van der Waals surface area contributed by atoms with Crippen LogP contribution >= 0.6 is 11.6 Å². The van der Waals surface area contributed by atoms with Crippen molar-refractivity contribution in [1.82, 2.24) is 4.98 Å². The van der Waals surface area contributed by atoms with E-state index in [1.165, 1.54) is 0 Å². The second-order valence-electron chi connectivity index (χ2n) is 5.96. The van der Waals surface area contributed by atoms with Gasteiger partial charge in [-0.05, 0) is 55.0 Å². The summed E-state index contributed by atoms with van der Waals surface area (Å²) in [6, 6.07) is 17.2. The molecule has 0 saturated heterocycles. The van der Waals surface area contributed by atoms with Gasteiger partial charge in [-0.3, -0.25) is 14.0 Å². The van der Waals surface area contributed by atoms with E-state index < -0.39 is 17.1 Å². The van der Waals surface area contributed by atoms with Crippen molar-refractivity contribution in [2.24, 2.45) is 0 Å². The second kappa shape index (κ2) is 8.97. The van der Waals surface area contributed by atoms with Gasteiger partial charge in [-0.15, -0.1) is 0 Å². The van der Waals surface area contributed by atoms with Gasteiger partial charge in [0.1, 0.15) is 0 Å². The molecule has 0 aliphatic heterocycles. The SMILES string of the molecule is CC(O[SH](=O)=O)c1ccc(C(=O)Nc2ccc(Cl)c(-c3ccccn3)c2)cc1. The van der Waals surface area contributed by atoms with Crippen LogP contribution in [-0.4, -0.2) is 19.3 Å². The zero-order valence-corrected chi connectivity index (χ0v) is 16.5. The number of carbonyl (C=O) groups excluding carboxylic acids is 1. The lowest BCUT2D eigenvalue weighted by Crippen LogP contribution is -2.12. The van der Waals surface area contributed by atoms with E-state index >= 15 is 0 Å². The first-order valence-electron chi connectivity index (χ1n) is 8.37. The van der Waals surface area contributed by atoms with Crippen molar-refractivity contribution in [3.8, 4) is 11.3 Å². The van der Waals surface area contributed by atoms with Crippen LogP contribution in [0.2, 0.25) is 5.02 Å². The lowest BCUT2D eigenvalue weighted by Gasteiger charge is -2.11.